The average molecular weight is 343 g/mol. The van der Waals surface area contributed by atoms with Crippen LogP contribution >= 0.6 is 0 Å². The number of hydrogen-bond donors (Lipinski definition) is 1. The SMILES string of the molecule is CCN1CCCC(CNC(=O)c2ccc(N3CCCCC3=O)cc2)C1. The smallest absolute Gasteiger partial charge is 0.251 e. The number of nitrogens with zero attached hydrogens (tertiary/aromatic N) is 2. The number of carbonyl (C=O) groups excluding carboxylic acids is 2. The summed E-state index contributed by atoms with van der Waals surface area (Å²) < 4.78 is 0. The van der Waals surface area contributed by atoms with Crippen molar-refractivity contribution in [3.05, 3.63) is 29.8 Å². The second kappa shape index (κ2) is 8.48. The Hall–Kier alpha value is -1.88. The third-order valence-corrected chi connectivity index (χ3v) is 5.37. The number of amides is 2. The van der Waals surface area contributed by atoms with E-state index in [1.54, 1.807) is 0 Å². The van der Waals surface area contributed by atoms with Gasteiger partial charge < -0.3 is 15.1 Å². The predicted molar refractivity (Wildman–Crippen MR) is 99.8 cm³/mol. The number of anilines is 1. The Kier molecular flexibility index (Phi) is 6.08. The molecule has 1 aromatic carbocycles. The van der Waals surface area contributed by atoms with Gasteiger partial charge in [-0.05, 0) is 69.0 Å². The van der Waals surface area contributed by atoms with Gasteiger partial charge in [-0.15, -0.1) is 0 Å². The summed E-state index contributed by atoms with van der Waals surface area (Å²) in [6.45, 7) is 7.04. The molecule has 2 aliphatic heterocycles. The molecule has 0 spiro atoms. The van der Waals surface area contributed by atoms with Gasteiger partial charge >= 0.3 is 0 Å². The first kappa shape index (κ1) is 17.9. The fourth-order valence-corrected chi connectivity index (χ4v) is 3.82. The molecule has 5 heteroatoms. The van der Waals surface area contributed by atoms with E-state index in [2.05, 4.69) is 17.1 Å². The summed E-state index contributed by atoms with van der Waals surface area (Å²) in [5.74, 6) is 0.703. The number of hydrogen-bond acceptors (Lipinski definition) is 3. The molecule has 1 unspecified atom stereocenters. The zero-order chi connectivity index (χ0) is 17.6. The molecular weight excluding hydrogens is 314 g/mol. The maximum absolute atomic E-state index is 12.4. The molecule has 1 atom stereocenters. The lowest BCUT2D eigenvalue weighted by Crippen LogP contribution is -2.40. The highest BCUT2D eigenvalue weighted by molar-refractivity contribution is 5.96. The van der Waals surface area contributed by atoms with Crippen molar-refractivity contribution in [3.8, 4) is 0 Å². The quantitative estimate of drug-likeness (QED) is 0.894. The summed E-state index contributed by atoms with van der Waals surface area (Å²) in [7, 11) is 0. The van der Waals surface area contributed by atoms with Crippen molar-refractivity contribution in [1.82, 2.24) is 10.2 Å². The van der Waals surface area contributed by atoms with E-state index in [9.17, 15) is 9.59 Å². The summed E-state index contributed by atoms with van der Waals surface area (Å²) in [5, 5.41) is 3.07. The molecule has 0 aromatic heterocycles. The highest BCUT2D eigenvalue weighted by Crippen LogP contribution is 2.21. The fourth-order valence-electron chi connectivity index (χ4n) is 3.82. The molecule has 0 saturated carbocycles. The van der Waals surface area contributed by atoms with Gasteiger partial charge in [0.25, 0.3) is 5.91 Å². The molecule has 2 amide bonds. The maximum atomic E-state index is 12.4. The second-order valence-electron chi connectivity index (χ2n) is 7.16. The van der Waals surface area contributed by atoms with Crippen LogP contribution < -0.4 is 10.2 Å². The van der Waals surface area contributed by atoms with Gasteiger partial charge in [0, 0.05) is 37.3 Å². The first-order valence-electron chi connectivity index (χ1n) is 9.58. The summed E-state index contributed by atoms with van der Waals surface area (Å²) in [6.07, 6.45) is 5.05. The number of piperidine rings is 2. The van der Waals surface area contributed by atoms with Gasteiger partial charge in [-0.25, -0.2) is 0 Å². The van der Waals surface area contributed by atoms with Crippen LogP contribution in [0.2, 0.25) is 0 Å². The molecule has 136 valence electrons. The van der Waals surface area contributed by atoms with Gasteiger partial charge in [0.15, 0.2) is 0 Å². The van der Waals surface area contributed by atoms with Crippen molar-refractivity contribution in [2.45, 2.75) is 39.0 Å². The molecule has 2 heterocycles. The molecule has 2 aliphatic rings. The Morgan fingerprint density at radius 2 is 1.96 bits per heavy atom. The first-order valence-corrected chi connectivity index (χ1v) is 9.58. The highest BCUT2D eigenvalue weighted by atomic mass is 16.2. The topological polar surface area (TPSA) is 52.7 Å². The molecule has 0 radical (unpaired) electrons. The van der Waals surface area contributed by atoms with E-state index in [1.165, 1.54) is 19.4 Å². The molecule has 3 rings (SSSR count). The van der Waals surface area contributed by atoms with Crippen molar-refractivity contribution >= 4 is 17.5 Å². The van der Waals surface area contributed by atoms with Gasteiger partial charge in [-0.2, -0.15) is 0 Å². The fraction of sp³-hybridized carbons (Fsp3) is 0.600. The minimum absolute atomic E-state index is 0.0230. The second-order valence-corrected chi connectivity index (χ2v) is 7.16. The highest BCUT2D eigenvalue weighted by Gasteiger charge is 2.21. The molecule has 25 heavy (non-hydrogen) atoms. The zero-order valence-corrected chi connectivity index (χ0v) is 15.2. The monoisotopic (exact) mass is 343 g/mol. The number of benzene rings is 1. The molecular formula is C20H29N3O2. The average Bonchev–Trinajstić information content (AvgIpc) is 2.67. The van der Waals surface area contributed by atoms with Crippen LogP contribution in [0.4, 0.5) is 5.69 Å². The van der Waals surface area contributed by atoms with Gasteiger partial charge in [0.05, 0.1) is 0 Å². The summed E-state index contributed by atoms with van der Waals surface area (Å²) >= 11 is 0. The normalized spacial score (nSPS) is 22.0. The zero-order valence-electron chi connectivity index (χ0n) is 15.2. The van der Waals surface area contributed by atoms with E-state index < -0.39 is 0 Å². The minimum Gasteiger partial charge on any atom is -0.352 e. The van der Waals surface area contributed by atoms with E-state index in [4.69, 9.17) is 0 Å². The van der Waals surface area contributed by atoms with Crippen LogP contribution in [0.3, 0.4) is 0 Å². The Morgan fingerprint density at radius 3 is 2.68 bits per heavy atom. The van der Waals surface area contributed by atoms with E-state index >= 15 is 0 Å². The molecule has 2 fully saturated rings. The Morgan fingerprint density at radius 1 is 1.16 bits per heavy atom. The van der Waals surface area contributed by atoms with Crippen LogP contribution in [-0.4, -0.2) is 49.4 Å². The van der Waals surface area contributed by atoms with Gasteiger partial charge in [-0.1, -0.05) is 6.92 Å². The largest absolute Gasteiger partial charge is 0.352 e. The number of rotatable bonds is 5. The van der Waals surface area contributed by atoms with Crippen LogP contribution in [0.5, 0.6) is 0 Å². The Labute approximate surface area is 150 Å². The van der Waals surface area contributed by atoms with E-state index in [0.29, 0.717) is 17.9 Å². The number of likely N-dealkylation sites (tertiary alicyclic amines) is 1. The van der Waals surface area contributed by atoms with E-state index in [-0.39, 0.29) is 11.8 Å². The van der Waals surface area contributed by atoms with Gasteiger partial charge in [0.2, 0.25) is 5.91 Å². The lowest BCUT2D eigenvalue weighted by atomic mass is 9.98. The molecule has 5 nitrogen and oxygen atoms in total. The van der Waals surface area contributed by atoms with Crippen LogP contribution in [-0.2, 0) is 4.79 Å². The maximum Gasteiger partial charge on any atom is 0.251 e. The van der Waals surface area contributed by atoms with Crippen LogP contribution in [0, 0.1) is 5.92 Å². The van der Waals surface area contributed by atoms with Crippen molar-refractivity contribution in [3.63, 3.8) is 0 Å². The van der Waals surface area contributed by atoms with Gasteiger partial charge in [0.1, 0.15) is 0 Å². The van der Waals surface area contributed by atoms with Crippen molar-refractivity contribution < 1.29 is 9.59 Å². The molecule has 2 saturated heterocycles. The van der Waals surface area contributed by atoms with Crippen molar-refractivity contribution in [1.29, 1.82) is 0 Å². The minimum atomic E-state index is -0.0230. The summed E-state index contributed by atoms with van der Waals surface area (Å²) in [4.78, 5) is 28.6. The van der Waals surface area contributed by atoms with Crippen molar-refractivity contribution in [2.24, 2.45) is 5.92 Å². The lowest BCUT2D eigenvalue weighted by Gasteiger charge is -2.31. The molecule has 0 bridgehead atoms. The van der Waals surface area contributed by atoms with Crippen LogP contribution in [0.25, 0.3) is 0 Å². The molecule has 1 aromatic rings. The van der Waals surface area contributed by atoms with Crippen molar-refractivity contribution in [2.75, 3.05) is 37.6 Å². The third-order valence-electron chi connectivity index (χ3n) is 5.37. The predicted octanol–water partition coefficient (Wildman–Crippen LogP) is 2.67. The number of nitrogens with one attached hydrogen (secondary N) is 1. The lowest BCUT2D eigenvalue weighted by molar-refractivity contribution is -0.119. The summed E-state index contributed by atoms with van der Waals surface area (Å²) in [6, 6.07) is 7.42. The number of carbonyl (C=O) groups is 2. The van der Waals surface area contributed by atoms with Gasteiger partial charge in [-0.3, -0.25) is 9.59 Å². The first-order chi connectivity index (χ1) is 12.2. The van der Waals surface area contributed by atoms with E-state index in [0.717, 1.165) is 44.7 Å². The Bertz CT molecular complexity index is 599. The summed E-state index contributed by atoms with van der Waals surface area (Å²) in [5.41, 5.74) is 1.56. The standard InChI is InChI=1S/C20H29N3O2/c1-2-22-12-5-6-16(15-22)14-21-20(25)17-8-10-18(11-9-17)23-13-4-3-7-19(23)24/h8-11,16H,2-7,12-15H2,1H3,(H,21,25). The molecule has 0 aliphatic carbocycles. The van der Waals surface area contributed by atoms with Crippen LogP contribution in [0.1, 0.15) is 49.4 Å². The third kappa shape index (κ3) is 4.60. The molecule has 1 N–H and O–H groups in total. The van der Waals surface area contributed by atoms with E-state index in [1.807, 2.05) is 29.2 Å². The van der Waals surface area contributed by atoms with Crippen LogP contribution in [0.15, 0.2) is 24.3 Å². The Balaban J connectivity index is 1.53.